The molecule has 1 unspecified atom stereocenters. The number of nitrogens with zero attached hydrogens (tertiary/aromatic N) is 4. The molecule has 0 fully saturated rings. The molecule has 2 aromatic rings. The van der Waals surface area contributed by atoms with E-state index in [1.54, 1.807) is 6.92 Å². The molecule has 1 aromatic carbocycles. The van der Waals surface area contributed by atoms with Crippen molar-refractivity contribution in [2.75, 3.05) is 19.1 Å². The number of anilines is 1. The number of aromatic nitrogens is 3. The van der Waals surface area contributed by atoms with Crippen LogP contribution in [0.1, 0.15) is 16.2 Å². The van der Waals surface area contributed by atoms with Crippen LogP contribution >= 0.6 is 0 Å². The van der Waals surface area contributed by atoms with Crippen molar-refractivity contribution < 1.29 is 27.9 Å². The Kier molecular flexibility index (Phi) is 5.93. The van der Waals surface area contributed by atoms with Gasteiger partial charge in [0.15, 0.2) is 0 Å². The third kappa shape index (κ3) is 4.35. The van der Waals surface area contributed by atoms with E-state index in [1.165, 1.54) is 38.4 Å². The average molecular weight is 442 g/mol. The van der Waals surface area contributed by atoms with Crippen molar-refractivity contribution in [3.05, 3.63) is 35.7 Å². The van der Waals surface area contributed by atoms with E-state index < -0.39 is 33.4 Å². The SMILES string of the molecule is COc1nc(C)nc(N(C)C(=O)[AsH]S(=O)(=O)c2ccccc2C(=O)O)n1. The first-order valence-corrected chi connectivity index (χ1v) is 12.2. The maximum absolute atomic E-state index is 12.6. The molecule has 0 spiro atoms. The van der Waals surface area contributed by atoms with E-state index in [0.29, 0.717) is 5.82 Å². The van der Waals surface area contributed by atoms with Gasteiger partial charge in [-0.3, -0.25) is 0 Å². The molecule has 2 rings (SSSR count). The van der Waals surface area contributed by atoms with Crippen molar-refractivity contribution >= 4 is 39.3 Å². The van der Waals surface area contributed by atoms with Crippen LogP contribution in [0.3, 0.4) is 0 Å². The summed E-state index contributed by atoms with van der Waals surface area (Å²) >= 11 is -2.30. The summed E-state index contributed by atoms with van der Waals surface area (Å²) < 4.78 is 29.3. The quantitative estimate of drug-likeness (QED) is 0.624. The van der Waals surface area contributed by atoms with Crippen LogP contribution in [0.15, 0.2) is 29.2 Å². The summed E-state index contributed by atoms with van der Waals surface area (Å²) in [5.41, 5.74) is -0.371. The second-order valence-corrected chi connectivity index (χ2v) is 12.2. The van der Waals surface area contributed by atoms with Gasteiger partial charge in [-0.1, -0.05) is 0 Å². The van der Waals surface area contributed by atoms with E-state index in [0.717, 1.165) is 4.90 Å². The van der Waals surface area contributed by atoms with E-state index in [2.05, 4.69) is 15.0 Å². The number of carboxylic acid groups (broad SMARTS) is 1. The number of rotatable bonds is 6. The average Bonchev–Trinajstić information content (AvgIpc) is 2.60. The van der Waals surface area contributed by atoms with Gasteiger partial charge in [0, 0.05) is 0 Å². The van der Waals surface area contributed by atoms with Crippen molar-refractivity contribution in [3.63, 3.8) is 0 Å². The van der Waals surface area contributed by atoms with Crippen LogP contribution < -0.4 is 9.64 Å². The number of aryl methyl sites for hydroxylation is 1. The second kappa shape index (κ2) is 7.79. The van der Waals surface area contributed by atoms with E-state index in [4.69, 9.17) is 9.84 Å². The Morgan fingerprint density at radius 2 is 1.85 bits per heavy atom. The molecule has 10 nitrogen and oxygen atoms in total. The number of ether oxygens (including phenoxy) is 1. The number of carbonyl (C=O) groups excluding carboxylic acids is 1. The molecule has 1 aromatic heterocycles. The fourth-order valence-corrected chi connectivity index (χ4v) is 7.40. The Labute approximate surface area is 154 Å². The van der Waals surface area contributed by atoms with Crippen molar-refractivity contribution in [2.45, 2.75) is 11.8 Å². The van der Waals surface area contributed by atoms with E-state index in [-0.39, 0.29) is 22.4 Å². The van der Waals surface area contributed by atoms with Crippen LogP contribution in [-0.2, 0) is 8.10 Å². The molecule has 0 aliphatic rings. The van der Waals surface area contributed by atoms with E-state index >= 15 is 0 Å². The summed E-state index contributed by atoms with van der Waals surface area (Å²) in [5.74, 6) is -1.13. The fourth-order valence-electron chi connectivity index (χ4n) is 1.89. The standard InChI is InChI=1S/C14H15AsN4O6S/c1-8-16-13(18-14(17-8)25-3)19(2)12(22)15-26(23,24)10-7-5-4-6-9(10)11(20)21/h4-7,15H,1-3H3,(H,20,21). The summed E-state index contributed by atoms with van der Waals surface area (Å²) in [6.07, 6.45) is 0. The van der Waals surface area contributed by atoms with Gasteiger partial charge in [-0.15, -0.1) is 0 Å². The molecule has 1 heterocycles. The summed E-state index contributed by atoms with van der Waals surface area (Å²) in [5, 5.41) is 9.15. The molecule has 0 radical (unpaired) electrons. The minimum atomic E-state index is -4.06. The van der Waals surface area contributed by atoms with Crippen molar-refractivity contribution in [1.82, 2.24) is 15.0 Å². The molecule has 0 aliphatic heterocycles. The van der Waals surface area contributed by atoms with Gasteiger partial charge in [0.25, 0.3) is 0 Å². The zero-order valence-corrected chi connectivity index (χ0v) is 16.9. The normalized spacial score (nSPS) is 11.5. The zero-order valence-electron chi connectivity index (χ0n) is 14.0. The Hall–Kier alpha value is -2.52. The first-order valence-electron chi connectivity index (χ1n) is 7.05. The summed E-state index contributed by atoms with van der Waals surface area (Å²) in [7, 11) is -1.38. The van der Waals surface area contributed by atoms with E-state index in [9.17, 15) is 18.0 Å². The topological polar surface area (TPSA) is 140 Å². The Morgan fingerprint density at radius 1 is 1.19 bits per heavy atom. The summed E-state index contributed by atoms with van der Waals surface area (Å²) in [6, 6.07) is 5.16. The van der Waals surface area contributed by atoms with Gasteiger partial charge < -0.3 is 0 Å². The zero-order chi connectivity index (χ0) is 19.5. The number of hydrogen-bond acceptors (Lipinski definition) is 8. The van der Waals surface area contributed by atoms with Crippen LogP contribution in [0.5, 0.6) is 6.01 Å². The predicted octanol–water partition coefficient (Wildman–Crippen LogP) is 0.268. The molecule has 0 bridgehead atoms. The van der Waals surface area contributed by atoms with Crippen LogP contribution in [-0.4, -0.2) is 67.9 Å². The summed E-state index contributed by atoms with van der Waals surface area (Å²) in [6.45, 7) is 1.57. The second-order valence-electron chi connectivity index (χ2n) is 4.94. The molecule has 0 saturated heterocycles. The Bertz CT molecular complexity index is 966. The van der Waals surface area contributed by atoms with Gasteiger partial charge in [0.1, 0.15) is 0 Å². The molecule has 1 N–H and O–H groups in total. The molecule has 138 valence electrons. The van der Waals surface area contributed by atoms with Crippen LogP contribution in [0.4, 0.5) is 10.7 Å². The van der Waals surface area contributed by atoms with Gasteiger partial charge in [0.2, 0.25) is 0 Å². The van der Waals surface area contributed by atoms with Crippen molar-refractivity contribution in [2.24, 2.45) is 0 Å². The van der Waals surface area contributed by atoms with Crippen molar-refractivity contribution in [3.8, 4) is 6.01 Å². The van der Waals surface area contributed by atoms with E-state index in [1.807, 2.05) is 0 Å². The molecule has 26 heavy (non-hydrogen) atoms. The molecule has 1 atom stereocenters. The first kappa shape index (κ1) is 19.8. The Morgan fingerprint density at radius 3 is 2.46 bits per heavy atom. The third-order valence-electron chi connectivity index (χ3n) is 3.13. The predicted molar refractivity (Wildman–Crippen MR) is 92.7 cm³/mol. The van der Waals surface area contributed by atoms with Gasteiger partial charge in [-0.25, -0.2) is 0 Å². The molecule has 0 aliphatic carbocycles. The number of amides is 1. The minimum absolute atomic E-state index is 0.00812. The van der Waals surface area contributed by atoms with Gasteiger partial charge in [-0.05, 0) is 0 Å². The number of carbonyl (C=O) groups is 2. The number of carboxylic acids is 1. The molecule has 0 saturated carbocycles. The third-order valence-corrected chi connectivity index (χ3v) is 9.39. The number of hydrogen-bond donors (Lipinski definition) is 1. The number of methoxy groups -OCH3 is 1. The number of benzene rings is 1. The maximum atomic E-state index is 12.6. The fraction of sp³-hybridized carbons (Fsp3) is 0.214. The molecular formula is C14H15AsN4O6S. The van der Waals surface area contributed by atoms with Gasteiger partial charge in [-0.2, -0.15) is 0 Å². The molecule has 12 heteroatoms. The molecular weight excluding hydrogens is 427 g/mol. The first-order chi connectivity index (χ1) is 12.2. The molecule has 1 amide bonds. The van der Waals surface area contributed by atoms with Crippen molar-refractivity contribution in [1.29, 1.82) is 0 Å². The summed E-state index contributed by atoms with van der Waals surface area (Å²) in [4.78, 5) is 36.1. The number of aromatic carboxylic acids is 1. The van der Waals surface area contributed by atoms with Crippen LogP contribution in [0, 0.1) is 6.92 Å². The van der Waals surface area contributed by atoms with Crippen LogP contribution in [0.2, 0.25) is 0 Å². The Balaban J connectivity index is 2.31. The van der Waals surface area contributed by atoms with Gasteiger partial charge >= 0.3 is 155 Å². The monoisotopic (exact) mass is 442 g/mol. The van der Waals surface area contributed by atoms with Gasteiger partial charge in [0.05, 0.1) is 0 Å². The van der Waals surface area contributed by atoms with Crippen LogP contribution in [0.25, 0.3) is 0 Å².